The molecule has 3 nitrogen and oxygen atoms in total. The van der Waals surface area contributed by atoms with Crippen molar-refractivity contribution in [3.05, 3.63) is 52.6 Å². The Morgan fingerprint density at radius 3 is 2.11 bits per heavy atom. The number of carboxylic acids is 1. The van der Waals surface area contributed by atoms with Gasteiger partial charge in [-0.3, -0.25) is 0 Å². The minimum absolute atomic E-state index is 0.0401. The smallest absolute Gasteiger partial charge is 0.335 e. The summed E-state index contributed by atoms with van der Waals surface area (Å²) in [4.78, 5) is 11.0. The first-order chi connectivity index (χ1) is 8.90. The summed E-state index contributed by atoms with van der Waals surface area (Å²) in [5, 5.41) is 20.6. The summed E-state index contributed by atoms with van der Waals surface area (Å²) in [7, 11) is 0. The Hall–Kier alpha value is -2.29. The fraction of sp³-hybridized carbons (Fsp3) is 0.188. The molecule has 0 heterocycles. The summed E-state index contributed by atoms with van der Waals surface area (Å²) in [6.07, 6.45) is 0. The molecule has 0 saturated carbocycles. The van der Waals surface area contributed by atoms with Crippen LogP contribution in [0.5, 0.6) is 5.75 Å². The van der Waals surface area contributed by atoms with Crippen LogP contribution in [0.25, 0.3) is 11.1 Å². The van der Waals surface area contributed by atoms with Gasteiger partial charge in [0.2, 0.25) is 0 Å². The van der Waals surface area contributed by atoms with Gasteiger partial charge in [0.15, 0.2) is 0 Å². The van der Waals surface area contributed by atoms with Crippen molar-refractivity contribution in [3.8, 4) is 16.9 Å². The molecule has 0 aromatic heterocycles. The van der Waals surface area contributed by atoms with Crippen molar-refractivity contribution in [1.29, 1.82) is 0 Å². The lowest BCUT2D eigenvalue weighted by molar-refractivity contribution is -0.268. The van der Waals surface area contributed by atoms with Crippen LogP contribution in [0.3, 0.4) is 0 Å². The van der Waals surface area contributed by atoms with Gasteiger partial charge in [-0.15, -0.1) is 5.75 Å². The standard InChI is InChI=1S/C16H16O3/c1-9-4-5-13(17)8-14(9)15-10(2)6-12(16(18)19)7-11(15)3/h4-8,17H,1-3H3,(H,18,19)/p-1. The average molecular weight is 255 g/mol. The van der Waals surface area contributed by atoms with E-state index in [0.717, 1.165) is 27.8 Å². The Morgan fingerprint density at radius 1 is 1.00 bits per heavy atom. The van der Waals surface area contributed by atoms with E-state index in [1.54, 1.807) is 24.3 Å². The highest BCUT2D eigenvalue weighted by molar-refractivity contribution is 5.90. The summed E-state index contributed by atoms with van der Waals surface area (Å²) in [5.41, 5.74) is 4.83. The maximum atomic E-state index is 11.5. The van der Waals surface area contributed by atoms with Gasteiger partial charge in [-0.25, -0.2) is 4.79 Å². The van der Waals surface area contributed by atoms with E-state index in [2.05, 4.69) is 0 Å². The van der Waals surface area contributed by atoms with Gasteiger partial charge in [-0.1, -0.05) is 18.2 Å². The number of carboxylic acid groups (broad SMARTS) is 1. The quantitative estimate of drug-likeness (QED) is 0.897. The lowest BCUT2D eigenvalue weighted by Crippen LogP contribution is -2.01. The monoisotopic (exact) mass is 255 g/mol. The van der Waals surface area contributed by atoms with Crippen LogP contribution in [0.1, 0.15) is 27.0 Å². The molecule has 0 spiro atoms. The zero-order valence-electron chi connectivity index (χ0n) is 11.2. The number of aryl methyl sites for hydroxylation is 3. The molecule has 0 aliphatic heterocycles. The minimum atomic E-state index is -0.938. The Morgan fingerprint density at radius 2 is 1.58 bits per heavy atom. The summed E-state index contributed by atoms with van der Waals surface area (Å²) >= 11 is 0. The highest BCUT2D eigenvalue weighted by atomic mass is 16.4. The number of benzene rings is 2. The highest BCUT2D eigenvalue weighted by Crippen LogP contribution is 2.32. The molecule has 1 N–H and O–H groups in total. The van der Waals surface area contributed by atoms with Crippen LogP contribution in [0.4, 0.5) is 0 Å². The van der Waals surface area contributed by atoms with E-state index in [1.807, 2.05) is 20.8 Å². The third kappa shape index (κ3) is 2.45. The van der Waals surface area contributed by atoms with Gasteiger partial charge in [0.25, 0.3) is 0 Å². The SMILES string of the molecule is Cc1ccc([O-])cc1-c1c(C)cc(C(=O)O)cc1C. The molecule has 0 saturated heterocycles. The van der Waals surface area contributed by atoms with Crippen molar-refractivity contribution >= 4 is 5.97 Å². The first-order valence-corrected chi connectivity index (χ1v) is 6.02. The maximum absolute atomic E-state index is 11.5. The second-order valence-corrected chi connectivity index (χ2v) is 4.77. The van der Waals surface area contributed by atoms with Crippen LogP contribution < -0.4 is 5.11 Å². The van der Waals surface area contributed by atoms with E-state index in [0.29, 0.717) is 0 Å². The van der Waals surface area contributed by atoms with E-state index in [-0.39, 0.29) is 11.3 Å². The highest BCUT2D eigenvalue weighted by Gasteiger charge is 2.12. The second-order valence-electron chi connectivity index (χ2n) is 4.77. The molecule has 0 unspecified atom stereocenters. The van der Waals surface area contributed by atoms with Crippen LogP contribution >= 0.6 is 0 Å². The van der Waals surface area contributed by atoms with Crippen LogP contribution in [0, 0.1) is 20.8 Å². The largest absolute Gasteiger partial charge is 0.872 e. The molecule has 0 amide bonds. The van der Waals surface area contributed by atoms with E-state index >= 15 is 0 Å². The molecular weight excluding hydrogens is 240 g/mol. The van der Waals surface area contributed by atoms with Crippen molar-refractivity contribution in [2.75, 3.05) is 0 Å². The lowest BCUT2D eigenvalue weighted by atomic mass is 9.91. The third-order valence-electron chi connectivity index (χ3n) is 3.26. The van der Waals surface area contributed by atoms with E-state index in [4.69, 9.17) is 5.11 Å². The van der Waals surface area contributed by atoms with Crippen molar-refractivity contribution in [1.82, 2.24) is 0 Å². The lowest BCUT2D eigenvalue weighted by Gasteiger charge is -2.16. The summed E-state index contributed by atoms with van der Waals surface area (Å²) in [6, 6.07) is 8.21. The molecule has 19 heavy (non-hydrogen) atoms. The van der Waals surface area contributed by atoms with Crippen LogP contribution in [0.2, 0.25) is 0 Å². The zero-order chi connectivity index (χ0) is 14.2. The summed E-state index contributed by atoms with van der Waals surface area (Å²) < 4.78 is 0. The molecule has 0 fully saturated rings. The molecule has 0 aliphatic rings. The van der Waals surface area contributed by atoms with E-state index in [1.165, 1.54) is 6.07 Å². The molecule has 0 atom stereocenters. The van der Waals surface area contributed by atoms with E-state index < -0.39 is 5.97 Å². The molecule has 2 aromatic carbocycles. The Bertz CT molecular complexity index is 634. The van der Waals surface area contributed by atoms with Crippen molar-refractivity contribution < 1.29 is 15.0 Å². The predicted molar refractivity (Wildman–Crippen MR) is 72.5 cm³/mol. The van der Waals surface area contributed by atoms with Gasteiger partial charge in [-0.05, 0) is 60.7 Å². The topological polar surface area (TPSA) is 60.4 Å². The molecule has 0 aliphatic carbocycles. The molecule has 0 bridgehead atoms. The van der Waals surface area contributed by atoms with Crippen LogP contribution in [0.15, 0.2) is 30.3 Å². The summed E-state index contributed by atoms with van der Waals surface area (Å²) in [5.74, 6) is -0.978. The second kappa shape index (κ2) is 4.76. The van der Waals surface area contributed by atoms with Gasteiger partial charge in [-0.2, -0.15) is 0 Å². The fourth-order valence-corrected chi connectivity index (χ4v) is 2.38. The first-order valence-electron chi connectivity index (χ1n) is 6.02. The van der Waals surface area contributed by atoms with Gasteiger partial charge in [0.1, 0.15) is 0 Å². The zero-order valence-corrected chi connectivity index (χ0v) is 11.2. The van der Waals surface area contributed by atoms with Crippen molar-refractivity contribution in [2.45, 2.75) is 20.8 Å². The number of aromatic carboxylic acids is 1. The maximum Gasteiger partial charge on any atom is 0.335 e. The third-order valence-corrected chi connectivity index (χ3v) is 3.26. The number of hydrogen-bond donors (Lipinski definition) is 1. The van der Waals surface area contributed by atoms with Crippen LogP contribution in [-0.2, 0) is 0 Å². The van der Waals surface area contributed by atoms with E-state index in [9.17, 15) is 9.90 Å². The Labute approximate surface area is 112 Å². The van der Waals surface area contributed by atoms with Gasteiger partial charge in [0.05, 0.1) is 5.56 Å². The van der Waals surface area contributed by atoms with Gasteiger partial charge in [0, 0.05) is 0 Å². The Balaban J connectivity index is 2.69. The fourth-order valence-electron chi connectivity index (χ4n) is 2.38. The Kier molecular flexibility index (Phi) is 3.30. The number of rotatable bonds is 2. The van der Waals surface area contributed by atoms with Crippen LogP contribution in [-0.4, -0.2) is 11.1 Å². The van der Waals surface area contributed by atoms with Gasteiger partial charge < -0.3 is 10.2 Å². The van der Waals surface area contributed by atoms with Crippen molar-refractivity contribution in [3.63, 3.8) is 0 Å². The average Bonchev–Trinajstić information content (AvgIpc) is 2.32. The van der Waals surface area contributed by atoms with Gasteiger partial charge >= 0.3 is 5.97 Å². The molecule has 2 rings (SSSR count). The molecular formula is C16H15O3-. The molecule has 2 aromatic rings. The summed E-state index contributed by atoms with van der Waals surface area (Å²) in [6.45, 7) is 5.68. The normalized spacial score (nSPS) is 10.5. The minimum Gasteiger partial charge on any atom is -0.872 e. The number of carbonyl (C=O) groups is 1. The number of hydrogen-bond acceptors (Lipinski definition) is 2. The predicted octanol–water partition coefficient (Wildman–Crippen LogP) is 3.05. The first kappa shape index (κ1) is 13.1. The van der Waals surface area contributed by atoms with Crippen molar-refractivity contribution in [2.24, 2.45) is 0 Å². The molecule has 0 radical (unpaired) electrons. The molecule has 3 heteroatoms. The molecule has 98 valence electrons.